The molecular formula is C13H23N3O2S. The Morgan fingerprint density at radius 3 is 2.95 bits per heavy atom. The van der Waals surface area contributed by atoms with Gasteiger partial charge in [0.2, 0.25) is 0 Å². The van der Waals surface area contributed by atoms with Gasteiger partial charge in [-0.25, -0.2) is 4.98 Å². The molecule has 1 N–H and O–H groups in total. The number of thiazole rings is 1. The van der Waals surface area contributed by atoms with Crippen molar-refractivity contribution >= 4 is 22.4 Å². The molecule has 0 bridgehead atoms. The van der Waals surface area contributed by atoms with Crippen molar-refractivity contribution in [3.8, 4) is 0 Å². The predicted molar refractivity (Wildman–Crippen MR) is 78.7 cm³/mol. The molecule has 0 radical (unpaired) electrons. The fourth-order valence-electron chi connectivity index (χ4n) is 1.38. The monoisotopic (exact) mass is 285 g/mol. The fraction of sp³-hybridized carbons (Fsp3) is 0.692. The number of nitrogens with zero attached hydrogens (tertiary/aromatic N) is 2. The van der Waals surface area contributed by atoms with Crippen LogP contribution in [0, 0.1) is 0 Å². The van der Waals surface area contributed by atoms with E-state index in [4.69, 9.17) is 4.74 Å². The van der Waals surface area contributed by atoms with Crippen molar-refractivity contribution in [2.75, 3.05) is 32.6 Å². The molecule has 0 saturated heterocycles. The number of hydrogen-bond acceptors (Lipinski definition) is 6. The molecule has 0 saturated carbocycles. The van der Waals surface area contributed by atoms with Crippen molar-refractivity contribution in [2.24, 2.45) is 0 Å². The third kappa shape index (κ3) is 6.02. The summed E-state index contributed by atoms with van der Waals surface area (Å²) in [5.41, 5.74) is 0.943. The third-order valence-corrected chi connectivity index (χ3v) is 3.72. The van der Waals surface area contributed by atoms with Crippen LogP contribution < -0.4 is 5.32 Å². The molecule has 1 aromatic heterocycles. The summed E-state index contributed by atoms with van der Waals surface area (Å²) in [6, 6.07) is 0.451. The molecule has 1 unspecified atom stereocenters. The molecule has 0 amide bonds. The first-order chi connectivity index (χ1) is 9.02. The van der Waals surface area contributed by atoms with E-state index in [9.17, 15) is 4.79 Å². The first-order valence-electron chi connectivity index (χ1n) is 6.53. The SMILES string of the molecule is CCOC(=O)CCc1csc(NCC(C)N(C)C)n1. The smallest absolute Gasteiger partial charge is 0.306 e. The molecule has 0 aromatic carbocycles. The highest BCUT2D eigenvalue weighted by Crippen LogP contribution is 2.16. The average Bonchev–Trinajstić information content (AvgIpc) is 2.81. The van der Waals surface area contributed by atoms with Gasteiger partial charge in [0.15, 0.2) is 5.13 Å². The minimum Gasteiger partial charge on any atom is -0.466 e. The lowest BCUT2D eigenvalue weighted by atomic mass is 10.2. The predicted octanol–water partition coefficient (Wildman–Crippen LogP) is 2.00. The van der Waals surface area contributed by atoms with Crippen LogP contribution in [0.5, 0.6) is 0 Å². The Kier molecular flexibility index (Phi) is 6.80. The molecule has 0 aliphatic heterocycles. The lowest BCUT2D eigenvalue weighted by molar-refractivity contribution is -0.143. The molecule has 6 heteroatoms. The summed E-state index contributed by atoms with van der Waals surface area (Å²) in [5.74, 6) is -0.161. The van der Waals surface area contributed by atoms with Crippen LogP contribution in [0.4, 0.5) is 5.13 Å². The highest BCUT2D eigenvalue weighted by molar-refractivity contribution is 7.13. The largest absolute Gasteiger partial charge is 0.466 e. The number of nitrogens with one attached hydrogen (secondary N) is 1. The van der Waals surface area contributed by atoms with Crippen LogP contribution in [0.3, 0.4) is 0 Å². The van der Waals surface area contributed by atoms with Crippen LogP contribution in [0.1, 0.15) is 26.0 Å². The molecule has 0 spiro atoms. The molecule has 0 aliphatic rings. The standard InChI is InChI=1S/C13H23N3O2S/c1-5-18-12(17)7-6-11-9-19-13(15-11)14-8-10(2)16(3)4/h9-10H,5-8H2,1-4H3,(H,14,15). The van der Waals surface area contributed by atoms with Crippen LogP contribution >= 0.6 is 11.3 Å². The van der Waals surface area contributed by atoms with E-state index >= 15 is 0 Å². The van der Waals surface area contributed by atoms with Crippen LogP contribution in [0.2, 0.25) is 0 Å². The van der Waals surface area contributed by atoms with E-state index in [-0.39, 0.29) is 5.97 Å². The number of aryl methyl sites for hydroxylation is 1. The van der Waals surface area contributed by atoms with E-state index in [0.29, 0.717) is 25.5 Å². The lowest BCUT2D eigenvalue weighted by Crippen LogP contribution is -2.31. The van der Waals surface area contributed by atoms with Crippen molar-refractivity contribution in [3.05, 3.63) is 11.1 Å². The van der Waals surface area contributed by atoms with Gasteiger partial charge in [0.05, 0.1) is 18.7 Å². The highest BCUT2D eigenvalue weighted by Gasteiger charge is 2.08. The normalized spacial score (nSPS) is 12.5. The Morgan fingerprint density at radius 1 is 1.58 bits per heavy atom. The van der Waals surface area contributed by atoms with Gasteiger partial charge >= 0.3 is 5.97 Å². The molecule has 1 rings (SSSR count). The summed E-state index contributed by atoms with van der Waals surface area (Å²) in [4.78, 5) is 17.9. The van der Waals surface area contributed by atoms with Crippen molar-refractivity contribution in [3.63, 3.8) is 0 Å². The Labute approximate surface area is 119 Å². The molecular weight excluding hydrogens is 262 g/mol. The van der Waals surface area contributed by atoms with Gasteiger partial charge in [-0.2, -0.15) is 0 Å². The Bertz CT molecular complexity index is 393. The minimum atomic E-state index is -0.161. The van der Waals surface area contributed by atoms with Crippen LogP contribution in [-0.2, 0) is 16.0 Å². The Balaban J connectivity index is 2.34. The Morgan fingerprint density at radius 2 is 2.32 bits per heavy atom. The zero-order valence-electron chi connectivity index (χ0n) is 12.1. The van der Waals surface area contributed by atoms with Gasteiger partial charge in [0.25, 0.3) is 0 Å². The maximum Gasteiger partial charge on any atom is 0.306 e. The van der Waals surface area contributed by atoms with Crippen molar-refractivity contribution in [2.45, 2.75) is 32.7 Å². The maximum absolute atomic E-state index is 11.2. The van der Waals surface area contributed by atoms with Gasteiger partial charge in [-0.05, 0) is 27.9 Å². The molecule has 108 valence electrons. The lowest BCUT2D eigenvalue weighted by Gasteiger charge is -2.19. The van der Waals surface area contributed by atoms with Gasteiger partial charge < -0.3 is 15.0 Å². The number of anilines is 1. The average molecular weight is 285 g/mol. The molecule has 0 aliphatic carbocycles. The molecule has 19 heavy (non-hydrogen) atoms. The van der Waals surface area contributed by atoms with E-state index in [2.05, 4.69) is 36.2 Å². The molecule has 1 aromatic rings. The van der Waals surface area contributed by atoms with Crippen molar-refractivity contribution in [1.82, 2.24) is 9.88 Å². The van der Waals surface area contributed by atoms with Gasteiger partial charge in [-0.15, -0.1) is 11.3 Å². The zero-order chi connectivity index (χ0) is 14.3. The summed E-state index contributed by atoms with van der Waals surface area (Å²) in [6.45, 7) is 5.26. The Hall–Kier alpha value is -1.14. The number of aromatic nitrogens is 1. The quantitative estimate of drug-likeness (QED) is 0.740. The van der Waals surface area contributed by atoms with E-state index in [1.807, 2.05) is 12.3 Å². The number of likely N-dealkylation sites (N-methyl/N-ethyl adjacent to an activating group) is 1. The first-order valence-corrected chi connectivity index (χ1v) is 7.41. The van der Waals surface area contributed by atoms with Gasteiger partial charge in [0.1, 0.15) is 0 Å². The van der Waals surface area contributed by atoms with E-state index < -0.39 is 0 Å². The summed E-state index contributed by atoms with van der Waals surface area (Å²) >= 11 is 1.58. The van der Waals surface area contributed by atoms with Gasteiger partial charge in [-0.3, -0.25) is 4.79 Å². The topological polar surface area (TPSA) is 54.5 Å². The fourth-order valence-corrected chi connectivity index (χ4v) is 2.14. The second-order valence-electron chi connectivity index (χ2n) is 4.64. The summed E-state index contributed by atoms with van der Waals surface area (Å²) < 4.78 is 4.89. The summed E-state index contributed by atoms with van der Waals surface area (Å²) in [5, 5.41) is 6.21. The van der Waals surface area contributed by atoms with Gasteiger partial charge in [-0.1, -0.05) is 0 Å². The van der Waals surface area contributed by atoms with Crippen molar-refractivity contribution in [1.29, 1.82) is 0 Å². The van der Waals surface area contributed by atoms with Crippen molar-refractivity contribution < 1.29 is 9.53 Å². The number of carbonyl (C=O) groups is 1. The maximum atomic E-state index is 11.2. The van der Waals surface area contributed by atoms with Crippen LogP contribution in [0.15, 0.2) is 5.38 Å². The van der Waals surface area contributed by atoms with E-state index in [1.165, 1.54) is 0 Å². The number of rotatable bonds is 8. The minimum absolute atomic E-state index is 0.161. The molecule has 1 atom stereocenters. The summed E-state index contributed by atoms with van der Waals surface area (Å²) in [6.07, 6.45) is 1.03. The second-order valence-corrected chi connectivity index (χ2v) is 5.50. The molecule has 0 fully saturated rings. The van der Waals surface area contributed by atoms with Crippen LogP contribution in [-0.4, -0.2) is 49.1 Å². The summed E-state index contributed by atoms with van der Waals surface area (Å²) in [7, 11) is 4.11. The second kappa shape index (κ2) is 8.12. The van der Waals surface area contributed by atoms with Crippen LogP contribution in [0.25, 0.3) is 0 Å². The first kappa shape index (κ1) is 15.9. The van der Waals surface area contributed by atoms with E-state index in [1.54, 1.807) is 11.3 Å². The van der Waals surface area contributed by atoms with Gasteiger partial charge in [0, 0.05) is 24.4 Å². The molecule has 1 heterocycles. The third-order valence-electron chi connectivity index (χ3n) is 2.87. The number of esters is 1. The number of carbonyl (C=O) groups excluding carboxylic acids is 1. The van der Waals surface area contributed by atoms with E-state index in [0.717, 1.165) is 17.4 Å². The molecule has 5 nitrogen and oxygen atoms in total. The number of ether oxygens (including phenoxy) is 1. The number of hydrogen-bond donors (Lipinski definition) is 1. The zero-order valence-corrected chi connectivity index (χ0v) is 12.9. The highest BCUT2D eigenvalue weighted by atomic mass is 32.1.